The number of nitrogen functional groups attached to an aromatic ring is 2. The van der Waals surface area contributed by atoms with Gasteiger partial charge in [0.2, 0.25) is 5.95 Å². The van der Waals surface area contributed by atoms with Gasteiger partial charge in [0.15, 0.2) is 17.0 Å². The lowest BCUT2D eigenvalue weighted by Gasteiger charge is -2.19. The second-order valence-electron chi connectivity index (χ2n) is 5.82. The number of carbonyl (C=O) groups is 1. The number of benzene rings is 1. The zero-order valence-electron chi connectivity index (χ0n) is 13.2. The third-order valence-corrected chi connectivity index (χ3v) is 4.17. The second kappa shape index (κ2) is 5.55. The smallest absolute Gasteiger partial charge is 0.335 e. The summed E-state index contributed by atoms with van der Waals surface area (Å²) in [5, 5.41) is 9.10. The molecule has 0 aliphatic carbocycles. The summed E-state index contributed by atoms with van der Waals surface area (Å²) < 4.78 is 0. The van der Waals surface area contributed by atoms with Gasteiger partial charge in [-0.25, -0.2) is 14.8 Å². The predicted octanol–water partition coefficient (Wildman–Crippen LogP) is 0.845. The SMILES string of the molecule is Nc1nc(N)c2nc(CN3CCc4cc(C(=O)O)ccc43)cnc2n1. The third kappa shape index (κ3) is 2.65. The van der Waals surface area contributed by atoms with E-state index in [2.05, 4.69) is 24.8 Å². The summed E-state index contributed by atoms with van der Waals surface area (Å²) in [6, 6.07) is 5.16. The first-order valence-electron chi connectivity index (χ1n) is 7.67. The van der Waals surface area contributed by atoms with E-state index in [-0.39, 0.29) is 11.8 Å². The maximum atomic E-state index is 11.1. The molecule has 2 aromatic heterocycles. The lowest BCUT2D eigenvalue weighted by atomic mass is 10.1. The molecule has 1 aliphatic rings. The molecule has 0 radical (unpaired) electrons. The van der Waals surface area contributed by atoms with Crippen LogP contribution >= 0.6 is 0 Å². The number of rotatable bonds is 3. The van der Waals surface area contributed by atoms with Gasteiger partial charge in [-0.15, -0.1) is 0 Å². The van der Waals surface area contributed by atoms with Gasteiger partial charge in [-0.1, -0.05) is 0 Å². The highest BCUT2D eigenvalue weighted by molar-refractivity contribution is 5.89. The number of aromatic nitrogens is 4. The molecule has 5 N–H and O–H groups in total. The lowest BCUT2D eigenvalue weighted by molar-refractivity contribution is 0.0697. The molecule has 0 atom stereocenters. The van der Waals surface area contributed by atoms with Gasteiger partial charge in [0.05, 0.1) is 24.0 Å². The number of hydrogen-bond acceptors (Lipinski definition) is 8. The Morgan fingerprint density at radius 2 is 2.08 bits per heavy atom. The Balaban J connectivity index is 1.64. The standard InChI is InChI=1S/C16H15N7O2/c17-13-12-14(22-16(18)21-13)19-6-10(20-12)7-23-4-3-8-5-9(15(24)25)1-2-11(8)23/h1-2,5-6H,3-4,7H2,(H,24,25)(H4,17,18,19,21,22). The minimum absolute atomic E-state index is 0.0646. The predicted molar refractivity (Wildman–Crippen MR) is 92.1 cm³/mol. The number of aromatic carboxylic acids is 1. The molecule has 3 heterocycles. The highest BCUT2D eigenvalue weighted by atomic mass is 16.4. The van der Waals surface area contributed by atoms with Crippen LogP contribution in [0.5, 0.6) is 0 Å². The molecule has 0 amide bonds. The van der Waals surface area contributed by atoms with E-state index in [9.17, 15) is 4.79 Å². The maximum Gasteiger partial charge on any atom is 0.335 e. The van der Waals surface area contributed by atoms with Gasteiger partial charge in [0, 0.05) is 12.2 Å². The van der Waals surface area contributed by atoms with Crippen molar-refractivity contribution in [2.45, 2.75) is 13.0 Å². The Morgan fingerprint density at radius 1 is 1.24 bits per heavy atom. The minimum atomic E-state index is -0.920. The highest BCUT2D eigenvalue weighted by Gasteiger charge is 2.21. The molecule has 0 saturated heterocycles. The van der Waals surface area contributed by atoms with Crippen molar-refractivity contribution in [3.05, 3.63) is 41.2 Å². The first-order chi connectivity index (χ1) is 12.0. The number of nitrogens with zero attached hydrogens (tertiary/aromatic N) is 5. The van der Waals surface area contributed by atoms with Crippen LogP contribution in [0.25, 0.3) is 11.2 Å². The van der Waals surface area contributed by atoms with Gasteiger partial charge < -0.3 is 21.5 Å². The molecule has 25 heavy (non-hydrogen) atoms. The number of carboxylic acid groups (broad SMARTS) is 1. The van der Waals surface area contributed by atoms with Crippen LogP contribution in [0.2, 0.25) is 0 Å². The molecule has 0 unspecified atom stereocenters. The minimum Gasteiger partial charge on any atom is -0.478 e. The van der Waals surface area contributed by atoms with Crippen molar-refractivity contribution in [3.8, 4) is 0 Å². The van der Waals surface area contributed by atoms with E-state index >= 15 is 0 Å². The maximum absolute atomic E-state index is 11.1. The van der Waals surface area contributed by atoms with Crippen LogP contribution in [0.1, 0.15) is 21.6 Å². The molecule has 3 aromatic rings. The van der Waals surface area contributed by atoms with Crippen molar-refractivity contribution in [2.24, 2.45) is 0 Å². The number of nitrogens with two attached hydrogens (primary N) is 2. The van der Waals surface area contributed by atoms with E-state index in [1.807, 2.05) is 6.07 Å². The average Bonchev–Trinajstić information content (AvgIpc) is 2.97. The van der Waals surface area contributed by atoms with Crippen LogP contribution < -0.4 is 16.4 Å². The summed E-state index contributed by atoms with van der Waals surface area (Å²) in [6.07, 6.45) is 2.43. The van der Waals surface area contributed by atoms with Gasteiger partial charge in [-0.3, -0.25) is 0 Å². The van der Waals surface area contributed by atoms with Crippen molar-refractivity contribution in [3.63, 3.8) is 0 Å². The zero-order valence-corrected chi connectivity index (χ0v) is 13.2. The summed E-state index contributed by atoms with van der Waals surface area (Å²) >= 11 is 0. The van der Waals surface area contributed by atoms with Crippen LogP contribution in [0.15, 0.2) is 24.4 Å². The molecule has 126 valence electrons. The Hall–Kier alpha value is -3.49. The Morgan fingerprint density at radius 3 is 2.88 bits per heavy atom. The quantitative estimate of drug-likeness (QED) is 0.633. The van der Waals surface area contributed by atoms with E-state index in [1.54, 1.807) is 18.3 Å². The van der Waals surface area contributed by atoms with Crippen molar-refractivity contribution < 1.29 is 9.90 Å². The molecule has 0 saturated carbocycles. The molecule has 4 rings (SSSR count). The Kier molecular flexibility index (Phi) is 3.34. The fraction of sp³-hybridized carbons (Fsp3) is 0.188. The fourth-order valence-electron chi connectivity index (χ4n) is 3.02. The largest absolute Gasteiger partial charge is 0.478 e. The summed E-state index contributed by atoms with van der Waals surface area (Å²) in [5.41, 5.74) is 15.3. The van der Waals surface area contributed by atoms with Crippen molar-refractivity contribution in [1.82, 2.24) is 19.9 Å². The molecule has 9 heteroatoms. The molecule has 1 aliphatic heterocycles. The van der Waals surface area contributed by atoms with Crippen LogP contribution in [0.3, 0.4) is 0 Å². The number of hydrogen-bond donors (Lipinski definition) is 3. The van der Waals surface area contributed by atoms with Crippen molar-refractivity contribution in [2.75, 3.05) is 22.9 Å². The molecular weight excluding hydrogens is 322 g/mol. The average molecular weight is 337 g/mol. The van der Waals surface area contributed by atoms with Crippen LogP contribution in [-0.4, -0.2) is 37.6 Å². The van der Waals surface area contributed by atoms with Crippen LogP contribution in [0.4, 0.5) is 17.5 Å². The summed E-state index contributed by atoms with van der Waals surface area (Å²) in [6.45, 7) is 1.32. The van der Waals surface area contributed by atoms with E-state index in [0.29, 0.717) is 23.3 Å². The van der Waals surface area contributed by atoms with Gasteiger partial charge in [0.1, 0.15) is 0 Å². The fourth-order valence-corrected chi connectivity index (χ4v) is 3.02. The van der Waals surface area contributed by atoms with Gasteiger partial charge >= 0.3 is 5.97 Å². The number of fused-ring (bicyclic) bond motifs is 2. The summed E-state index contributed by atoms with van der Waals surface area (Å²) in [4.78, 5) is 29.9. The topological polar surface area (TPSA) is 144 Å². The molecule has 0 fully saturated rings. The van der Waals surface area contributed by atoms with Gasteiger partial charge in [0.25, 0.3) is 0 Å². The first kappa shape index (κ1) is 15.1. The molecular formula is C16H15N7O2. The van der Waals surface area contributed by atoms with Crippen molar-refractivity contribution in [1.29, 1.82) is 0 Å². The third-order valence-electron chi connectivity index (χ3n) is 4.17. The summed E-state index contributed by atoms with van der Waals surface area (Å²) in [5.74, 6) is -0.657. The first-order valence-corrected chi connectivity index (χ1v) is 7.67. The molecule has 0 spiro atoms. The zero-order chi connectivity index (χ0) is 17.6. The van der Waals surface area contributed by atoms with Crippen molar-refractivity contribution >= 4 is 34.6 Å². The summed E-state index contributed by atoms with van der Waals surface area (Å²) in [7, 11) is 0. The molecule has 9 nitrogen and oxygen atoms in total. The molecule has 0 bridgehead atoms. The highest BCUT2D eigenvalue weighted by Crippen LogP contribution is 2.30. The number of anilines is 3. The van der Waals surface area contributed by atoms with E-state index < -0.39 is 5.97 Å². The van der Waals surface area contributed by atoms with E-state index in [1.165, 1.54) is 0 Å². The van der Waals surface area contributed by atoms with Crippen LogP contribution in [-0.2, 0) is 13.0 Å². The monoisotopic (exact) mass is 337 g/mol. The van der Waals surface area contributed by atoms with E-state index in [0.717, 1.165) is 29.9 Å². The van der Waals surface area contributed by atoms with Gasteiger partial charge in [-0.2, -0.15) is 9.97 Å². The molecule has 1 aromatic carbocycles. The second-order valence-corrected chi connectivity index (χ2v) is 5.82. The Labute approximate surface area is 142 Å². The van der Waals surface area contributed by atoms with Gasteiger partial charge in [-0.05, 0) is 30.2 Å². The Bertz CT molecular complexity index is 1010. The lowest BCUT2D eigenvalue weighted by Crippen LogP contribution is -2.20. The normalized spacial score (nSPS) is 13.2. The number of carboxylic acids is 1. The van der Waals surface area contributed by atoms with Crippen LogP contribution in [0, 0.1) is 0 Å². The van der Waals surface area contributed by atoms with E-state index in [4.69, 9.17) is 16.6 Å².